The molecular weight excluding hydrogens is 170 g/mol. The molecule has 0 unspecified atom stereocenters. The van der Waals surface area contributed by atoms with E-state index in [-0.39, 0.29) is 6.61 Å². The maximum atomic E-state index is 8.94. The molecule has 0 aliphatic carbocycles. The van der Waals surface area contributed by atoms with Crippen LogP contribution in [0, 0.1) is 0 Å². The van der Waals surface area contributed by atoms with Gasteiger partial charge in [0.1, 0.15) is 13.2 Å². The average molecular weight is 181 g/mol. The summed E-state index contributed by atoms with van der Waals surface area (Å²) in [6.45, 7) is 1.01. The van der Waals surface area contributed by atoms with E-state index in [0.717, 1.165) is 0 Å². The molecule has 0 aromatic heterocycles. The lowest BCUT2D eigenvalue weighted by Gasteiger charge is -2.19. The first kappa shape index (κ1) is 8.19. The lowest BCUT2D eigenvalue weighted by atomic mass is 10.1. The molecule has 1 aliphatic rings. The first-order valence-corrected chi connectivity index (χ1v) is 4.10. The van der Waals surface area contributed by atoms with Crippen molar-refractivity contribution < 1.29 is 14.6 Å². The zero-order chi connectivity index (χ0) is 9.26. The molecule has 0 spiro atoms. The van der Waals surface area contributed by atoms with Crippen LogP contribution in [-0.4, -0.2) is 18.3 Å². The van der Waals surface area contributed by atoms with E-state index in [1.54, 1.807) is 12.1 Å². The zero-order valence-electron chi connectivity index (χ0n) is 7.12. The van der Waals surface area contributed by atoms with Gasteiger partial charge in [0, 0.05) is 17.3 Å². The Bertz CT molecular complexity index is 325. The molecule has 0 fully saturated rings. The van der Waals surface area contributed by atoms with Crippen LogP contribution < -0.4 is 15.2 Å². The normalized spacial score (nSPS) is 14.2. The van der Waals surface area contributed by atoms with Gasteiger partial charge >= 0.3 is 0 Å². The van der Waals surface area contributed by atoms with Gasteiger partial charge in [-0.25, -0.2) is 0 Å². The molecule has 0 atom stereocenters. The van der Waals surface area contributed by atoms with Gasteiger partial charge in [-0.15, -0.1) is 0 Å². The molecule has 13 heavy (non-hydrogen) atoms. The van der Waals surface area contributed by atoms with Crippen LogP contribution in [0.5, 0.6) is 11.5 Å². The van der Waals surface area contributed by atoms with Crippen LogP contribution in [0.3, 0.4) is 0 Å². The van der Waals surface area contributed by atoms with Crippen LogP contribution in [-0.2, 0) is 6.61 Å². The third-order valence-corrected chi connectivity index (χ3v) is 1.97. The monoisotopic (exact) mass is 181 g/mol. The van der Waals surface area contributed by atoms with Crippen LogP contribution >= 0.6 is 0 Å². The lowest BCUT2D eigenvalue weighted by molar-refractivity contribution is 0.171. The second-order valence-electron chi connectivity index (χ2n) is 2.85. The summed E-state index contributed by atoms with van der Waals surface area (Å²) in [4.78, 5) is 0. The summed E-state index contributed by atoms with van der Waals surface area (Å²) in [6.07, 6.45) is 0. The van der Waals surface area contributed by atoms with Crippen molar-refractivity contribution in [3.05, 3.63) is 17.7 Å². The Morgan fingerprint density at radius 2 is 1.85 bits per heavy atom. The van der Waals surface area contributed by atoms with Gasteiger partial charge in [-0.1, -0.05) is 0 Å². The standard InChI is InChI=1S/C9H11NO3/c10-7-4-9-8(3-6(7)5-11)12-1-2-13-9/h3-4,11H,1-2,5,10H2. The summed E-state index contributed by atoms with van der Waals surface area (Å²) in [7, 11) is 0. The van der Waals surface area contributed by atoms with Crippen molar-refractivity contribution in [3.63, 3.8) is 0 Å². The number of hydrogen-bond donors (Lipinski definition) is 2. The maximum Gasteiger partial charge on any atom is 0.163 e. The minimum absolute atomic E-state index is 0.0809. The van der Waals surface area contributed by atoms with E-state index in [2.05, 4.69) is 0 Å². The molecule has 1 heterocycles. The maximum absolute atomic E-state index is 8.94. The van der Waals surface area contributed by atoms with Crippen molar-refractivity contribution >= 4 is 5.69 Å². The van der Waals surface area contributed by atoms with Crippen molar-refractivity contribution in [3.8, 4) is 11.5 Å². The number of nitrogen functional groups attached to an aromatic ring is 1. The zero-order valence-corrected chi connectivity index (χ0v) is 7.12. The topological polar surface area (TPSA) is 64.7 Å². The van der Waals surface area contributed by atoms with Crippen molar-refractivity contribution in [2.45, 2.75) is 6.61 Å². The molecule has 0 saturated carbocycles. The number of benzene rings is 1. The molecule has 1 aromatic carbocycles. The highest BCUT2D eigenvalue weighted by molar-refractivity contribution is 5.58. The molecule has 3 N–H and O–H groups in total. The number of aliphatic hydroxyl groups is 1. The summed E-state index contributed by atoms with van der Waals surface area (Å²) in [5.74, 6) is 1.31. The number of hydrogen-bond acceptors (Lipinski definition) is 4. The Hall–Kier alpha value is -1.42. The second kappa shape index (κ2) is 3.14. The van der Waals surface area contributed by atoms with Crippen LogP contribution in [0.4, 0.5) is 5.69 Å². The van der Waals surface area contributed by atoms with Gasteiger partial charge < -0.3 is 20.3 Å². The van der Waals surface area contributed by atoms with E-state index in [0.29, 0.717) is 36.0 Å². The summed E-state index contributed by atoms with van der Waals surface area (Å²) in [6, 6.07) is 3.39. The van der Waals surface area contributed by atoms with Crippen molar-refractivity contribution in [1.82, 2.24) is 0 Å². The van der Waals surface area contributed by atoms with Crippen LogP contribution in [0.15, 0.2) is 12.1 Å². The molecule has 0 radical (unpaired) electrons. The third kappa shape index (κ3) is 1.40. The predicted octanol–water partition coefficient (Wildman–Crippen LogP) is 0.532. The molecule has 2 rings (SSSR count). The summed E-state index contributed by atoms with van der Waals surface area (Å²) in [5, 5.41) is 8.94. The lowest BCUT2D eigenvalue weighted by Crippen LogP contribution is -2.16. The Balaban J connectivity index is 2.44. The number of aliphatic hydroxyl groups excluding tert-OH is 1. The van der Waals surface area contributed by atoms with Crippen molar-refractivity contribution in [2.24, 2.45) is 0 Å². The van der Waals surface area contributed by atoms with Gasteiger partial charge in [-0.05, 0) is 6.07 Å². The fourth-order valence-electron chi connectivity index (χ4n) is 1.28. The molecule has 0 saturated heterocycles. The van der Waals surface area contributed by atoms with Gasteiger partial charge in [0.15, 0.2) is 11.5 Å². The van der Waals surface area contributed by atoms with Crippen LogP contribution in [0.2, 0.25) is 0 Å². The quantitative estimate of drug-likeness (QED) is 0.620. The third-order valence-electron chi connectivity index (χ3n) is 1.97. The highest BCUT2D eigenvalue weighted by Gasteiger charge is 2.13. The summed E-state index contributed by atoms with van der Waals surface area (Å²) >= 11 is 0. The number of anilines is 1. The van der Waals surface area contributed by atoms with Gasteiger partial charge in [-0.2, -0.15) is 0 Å². The molecular formula is C9H11NO3. The van der Waals surface area contributed by atoms with E-state index in [4.69, 9.17) is 20.3 Å². The minimum Gasteiger partial charge on any atom is -0.486 e. The fraction of sp³-hybridized carbons (Fsp3) is 0.333. The Kier molecular flexibility index (Phi) is 1.98. The molecule has 1 aromatic rings. The molecule has 4 nitrogen and oxygen atoms in total. The molecule has 1 aliphatic heterocycles. The molecule has 4 heteroatoms. The molecule has 70 valence electrons. The van der Waals surface area contributed by atoms with Crippen LogP contribution in [0.25, 0.3) is 0 Å². The van der Waals surface area contributed by atoms with E-state index < -0.39 is 0 Å². The largest absolute Gasteiger partial charge is 0.486 e. The predicted molar refractivity (Wildman–Crippen MR) is 47.8 cm³/mol. The smallest absolute Gasteiger partial charge is 0.163 e. The van der Waals surface area contributed by atoms with Gasteiger partial charge in [0.05, 0.1) is 6.61 Å². The summed E-state index contributed by atoms with van der Waals surface area (Å²) < 4.78 is 10.6. The molecule has 0 bridgehead atoms. The van der Waals surface area contributed by atoms with E-state index >= 15 is 0 Å². The van der Waals surface area contributed by atoms with Crippen LogP contribution in [0.1, 0.15) is 5.56 Å². The van der Waals surface area contributed by atoms with Gasteiger partial charge in [0.2, 0.25) is 0 Å². The average Bonchev–Trinajstić information content (AvgIpc) is 2.17. The van der Waals surface area contributed by atoms with Gasteiger partial charge in [0.25, 0.3) is 0 Å². The Labute approximate surface area is 75.9 Å². The Morgan fingerprint density at radius 3 is 2.46 bits per heavy atom. The van der Waals surface area contributed by atoms with Crippen molar-refractivity contribution in [1.29, 1.82) is 0 Å². The minimum atomic E-state index is -0.0809. The van der Waals surface area contributed by atoms with E-state index in [1.165, 1.54) is 0 Å². The first-order valence-electron chi connectivity index (χ1n) is 4.10. The SMILES string of the molecule is Nc1cc2c(cc1CO)OCCO2. The highest BCUT2D eigenvalue weighted by atomic mass is 16.6. The fourth-order valence-corrected chi connectivity index (χ4v) is 1.28. The first-order chi connectivity index (χ1) is 6.31. The number of nitrogens with two attached hydrogens (primary N) is 1. The number of rotatable bonds is 1. The molecule has 0 amide bonds. The van der Waals surface area contributed by atoms with E-state index in [1.807, 2.05) is 0 Å². The number of fused-ring (bicyclic) bond motifs is 1. The second-order valence-corrected chi connectivity index (χ2v) is 2.85. The van der Waals surface area contributed by atoms with Gasteiger partial charge in [-0.3, -0.25) is 0 Å². The number of ether oxygens (including phenoxy) is 2. The summed E-state index contributed by atoms with van der Waals surface area (Å²) in [5.41, 5.74) is 6.86. The Morgan fingerprint density at radius 1 is 1.23 bits per heavy atom. The highest BCUT2D eigenvalue weighted by Crippen LogP contribution is 2.34. The van der Waals surface area contributed by atoms with E-state index in [9.17, 15) is 0 Å². The van der Waals surface area contributed by atoms with Crippen molar-refractivity contribution in [2.75, 3.05) is 18.9 Å².